The summed E-state index contributed by atoms with van der Waals surface area (Å²) in [7, 11) is 0. The molecule has 3 unspecified atom stereocenters. The third-order valence-corrected chi connectivity index (χ3v) is 4.64. The molecule has 1 heterocycles. The van der Waals surface area contributed by atoms with Crippen LogP contribution >= 0.6 is 0 Å². The maximum Gasteiger partial charge on any atom is 0.227 e. The molecule has 1 amide bonds. The van der Waals surface area contributed by atoms with Gasteiger partial charge in [0.2, 0.25) is 5.91 Å². The Labute approximate surface area is 119 Å². The van der Waals surface area contributed by atoms with Gasteiger partial charge >= 0.3 is 0 Å². The number of amides is 1. The van der Waals surface area contributed by atoms with Crippen molar-refractivity contribution in [3.05, 3.63) is 35.4 Å². The number of aliphatic hydroxyl groups excluding tert-OH is 1. The number of hydrogen-bond acceptors (Lipinski definition) is 3. The molecule has 3 rings (SSSR count). The molecule has 1 aliphatic heterocycles. The zero-order valence-corrected chi connectivity index (χ0v) is 11.9. The summed E-state index contributed by atoms with van der Waals surface area (Å²) in [5.74, 6) is 0.0467. The number of benzene rings is 1. The lowest BCUT2D eigenvalue weighted by Crippen LogP contribution is -2.50. The molecule has 0 aromatic heterocycles. The number of carbonyl (C=O) groups excluding carboxylic acids is 1. The predicted molar refractivity (Wildman–Crippen MR) is 77.2 cm³/mol. The predicted octanol–water partition coefficient (Wildman–Crippen LogP) is 1.15. The van der Waals surface area contributed by atoms with E-state index in [0.717, 1.165) is 30.5 Å². The van der Waals surface area contributed by atoms with Crippen LogP contribution in [0.15, 0.2) is 24.3 Å². The molecule has 4 nitrogen and oxygen atoms in total. The van der Waals surface area contributed by atoms with E-state index in [1.807, 2.05) is 31.2 Å². The van der Waals surface area contributed by atoms with E-state index in [0.29, 0.717) is 13.0 Å². The molecule has 20 heavy (non-hydrogen) atoms. The lowest BCUT2D eigenvalue weighted by molar-refractivity contribution is -0.132. The van der Waals surface area contributed by atoms with E-state index in [1.165, 1.54) is 0 Å². The van der Waals surface area contributed by atoms with E-state index in [4.69, 9.17) is 0 Å². The molecule has 1 fully saturated rings. The summed E-state index contributed by atoms with van der Waals surface area (Å²) in [6.45, 7) is 3.70. The van der Waals surface area contributed by atoms with Crippen LogP contribution in [0.3, 0.4) is 0 Å². The lowest BCUT2D eigenvalue weighted by Gasteiger charge is -2.34. The first kappa shape index (κ1) is 13.6. The molecule has 3 N–H and O–H groups in total. The number of piperidine rings is 1. The maximum atomic E-state index is 12.6. The highest BCUT2D eigenvalue weighted by molar-refractivity contribution is 5.83. The summed E-state index contributed by atoms with van der Waals surface area (Å²) in [5.41, 5.74) is 1.83. The standard InChI is InChI=1S/C16H22N2O2/c1-16(7-4-8-17-10-16)15(20)18-14-12-6-3-2-5-11(12)9-13(14)19/h2-3,5-6,13-14,17,19H,4,7-10H2,1H3,(H,18,20). The highest BCUT2D eigenvalue weighted by Gasteiger charge is 2.39. The maximum absolute atomic E-state index is 12.6. The van der Waals surface area contributed by atoms with Crippen LogP contribution in [-0.2, 0) is 11.2 Å². The van der Waals surface area contributed by atoms with Crippen molar-refractivity contribution in [2.45, 2.75) is 38.3 Å². The van der Waals surface area contributed by atoms with Gasteiger partial charge in [-0.05, 0) is 37.4 Å². The highest BCUT2D eigenvalue weighted by Crippen LogP contribution is 2.33. The van der Waals surface area contributed by atoms with Gasteiger partial charge in [-0.25, -0.2) is 0 Å². The van der Waals surface area contributed by atoms with E-state index >= 15 is 0 Å². The van der Waals surface area contributed by atoms with Gasteiger partial charge in [-0.2, -0.15) is 0 Å². The van der Waals surface area contributed by atoms with Gasteiger partial charge in [0.15, 0.2) is 0 Å². The summed E-state index contributed by atoms with van der Waals surface area (Å²) in [6, 6.07) is 7.69. The largest absolute Gasteiger partial charge is 0.390 e. The first-order valence-corrected chi connectivity index (χ1v) is 7.38. The fourth-order valence-corrected chi connectivity index (χ4v) is 3.31. The van der Waals surface area contributed by atoms with Crippen molar-refractivity contribution < 1.29 is 9.90 Å². The molecule has 1 aromatic rings. The Balaban J connectivity index is 1.76. The topological polar surface area (TPSA) is 61.4 Å². The van der Waals surface area contributed by atoms with E-state index in [9.17, 15) is 9.90 Å². The summed E-state index contributed by atoms with van der Waals surface area (Å²) in [6.07, 6.45) is 2.02. The van der Waals surface area contributed by atoms with E-state index in [1.54, 1.807) is 0 Å². The summed E-state index contributed by atoms with van der Waals surface area (Å²) in [4.78, 5) is 12.6. The zero-order valence-electron chi connectivity index (χ0n) is 11.9. The van der Waals surface area contributed by atoms with Gasteiger partial charge in [0.25, 0.3) is 0 Å². The average Bonchev–Trinajstić information content (AvgIpc) is 2.76. The first-order chi connectivity index (χ1) is 9.60. The average molecular weight is 274 g/mol. The minimum absolute atomic E-state index is 0.0467. The molecule has 2 aliphatic rings. The molecule has 0 bridgehead atoms. The fraction of sp³-hybridized carbons (Fsp3) is 0.562. The van der Waals surface area contributed by atoms with E-state index in [2.05, 4.69) is 10.6 Å². The molecular weight excluding hydrogens is 252 g/mol. The lowest BCUT2D eigenvalue weighted by atomic mass is 9.81. The Kier molecular flexibility index (Phi) is 3.52. The van der Waals surface area contributed by atoms with Gasteiger partial charge in [0.1, 0.15) is 0 Å². The van der Waals surface area contributed by atoms with Crippen LogP contribution in [0.1, 0.15) is 36.9 Å². The molecule has 1 aliphatic carbocycles. The van der Waals surface area contributed by atoms with Crippen molar-refractivity contribution >= 4 is 5.91 Å². The Bertz CT molecular complexity index is 509. The van der Waals surface area contributed by atoms with Crippen LogP contribution < -0.4 is 10.6 Å². The quantitative estimate of drug-likeness (QED) is 0.758. The Morgan fingerprint density at radius 1 is 1.45 bits per heavy atom. The number of hydrogen-bond donors (Lipinski definition) is 3. The van der Waals surface area contributed by atoms with Crippen molar-refractivity contribution in [3.8, 4) is 0 Å². The van der Waals surface area contributed by atoms with Gasteiger partial charge < -0.3 is 15.7 Å². The minimum atomic E-state index is -0.517. The second-order valence-corrected chi connectivity index (χ2v) is 6.26. The van der Waals surface area contributed by atoms with Crippen molar-refractivity contribution in [1.29, 1.82) is 0 Å². The smallest absolute Gasteiger partial charge is 0.227 e. The molecule has 0 spiro atoms. The van der Waals surface area contributed by atoms with Crippen molar-refractivity contribution in [1.82, 2.24) is 10.6 Å². The second kappa shape index (κ2) is 5.19. The van der Waals surface area contributed by atoms with Gasteiger partial charge in [-0.1, -0.05) is 24.3 Å². The van der Waals surface area contributed by atoms with E-state index < -0.39 is 6.10 Å². The van der Waals surface area contributed by atoms with Crippen LogP contribution in [0.4, 0.5) is 0 Å². The number of rotatable bonds is 2. The fourth-order valence-electron chi connectivity index (χ4n) is 3.31. The second-order valence-electron chi connectivity index (χ2n) is 6.26. The molecule has 0 saturated carbocycles. The SMILES string of the molecule is CC1(C(=O)NC2c3ccccc3CC2O)CCCNC1. The zero-order chi connectivity index (χ0) is 14.2. The molecule has 108 valence electrons. The molecule has 3 atom stereocenters. The van der Waals surface area contributed by atoms with Gasteiger partial charge in [0, 0.05) is 13.0 Å². The monoisotopic (exact) mass is 274 g/mol. The number of fused-ring (bicyclic) bond motifs is 1. The van der Waals surface area contributed by atoms with Crippen LogP contribution in [0.2, 0.25) is 0 Å². The van der Waals surface area contributed by atoms with Crippen molar-refractivity contribution in [2.75, 3.05) is 13.1 Å². The Morgan fingerprint density at radius 3 is 3.00 bits per heavy atom. The summed E-state index contributed by atoms with van der Waals surface area (Å²) in [5, 5.41) is 16.6. The molecule has 1 saturated heterocycles. The highest BCUT2D eigenvalue weighted by atomic mass is 16.3. The molecule has 1 aromatic carbocycles. The number of nitrogens with one attached hydrogen (secondary N) is 2. The van der Waals surface area contributed by atoms with Gasteiger partial charge in [0.05, 0.1) is 17.6 Å². The number of carbonyl (C=O) groups is 1. The Morgan fingerprint density at radius 2 is 2.25 bits per heavy atom. The third-order valence-electron chi connectivity index (χ3n) is 4.64. The third kappa shape index (κ3) is 2.34. The molecule has 4 heteroatoms. The van der Waals surface area contributed by atoms with Crippen LogP contribution in [0.25, 0.3) is 0 Å². The van der Waals surface area contributed by atoms with Crippen LogP contribution in [0.5, 0.6) is 0 Å². The number of aliphatic hydroxyl groups is 1. The summed E-state index contributed by atoms with van der Waals surface area (Å²) < 4.78 is 0. The molecule has 0 radical (unpaired) electrons. The van der Waals surface area contributed by atoms with E-state index in [-0.39, 0.29) is 17.4 Å². The van der Waals surface area contributed by atoms with Crippen molar-refractivity contribution in [3.63, 3.8) is 0 Å². The van der Waals surface area contributed by atoms with Crippen molar-refractivity contribution in [2.24, 2.45) is 5.41 Å². The minimum Gasteiger partial charge on any atom is -0.390 e. The van der Waals surface area contributed by atoms with Crippen LogP contribution in [-0.4, -0.2) is 30.2 Å². The van der Waals surface area contributed by atoms with Gasteiger partial charge in [-0.15, -0.1) is 0 Å². The van der Waals surface area contributed by atoms with Gasteiger partial charge in [-0.3, -0.25) is 4.79 Å². The normalized spacial score (nSPS) is 32.7. The van der Waals surface area contributed by atoms with Crippen LogP contribution in [0, 0.1) is 5.41 Å². The summed E-state index contributed by atoms with van der Waals surface area (Å²) >= 11 is 0. The molecular formula is C16H22N2O2. The Hall–Kier alpha value is -1.39. The first-order valence-electron chi connectivity index (χ1n) is 7.38.